The number of thioether (sulfide) groups is 1. The zero-order valence-electron chi connectivity index (χ0n) is 11.1. The molecule has 0 atom stereocenters. The van der Waals surface area contributed by atoms with Gasteiger partial charge in [-0.05, 0) is 31.9 Å². The Morgan fingerprint density at radius 2 is 2.00 bits per heavy atom. The number of aliphatic imine (C=N–C) groups is 1. The first kappa shape index (κ1) is 13.3. The van der Waals surface area contributed by atoms with Gasteiger partial charge < -0.3 is 10.6 Å². The van der Waals surface area contributed by atoms with Gasteiger partial charge in [-0.3, -0.25) is 4.99 Å². The van der Waals surface area contributed by atoms with E-state index in [-0.39, 0.29) is 0 Å². The second kappa shape index (κ2) is 6.14. The second-order valence-corrected chi connectivity index (χ2v) is 6.10. The lowest BCUT2D eigenvalue weighted by Crippen LogP contribution is -2.40. The number of benzene rings is 1. The maximum atomic E-state index is 4.20. The van der Waals surface area contributed by atoms with E-state index in [0.717, 1.165) is 19.0 Å². The van der Waals surface area contributed by atoms with E-state index in [4.69, 9.17) is 0 Å². The fourth-order valence-corrected chi connectivity index (χ4v) is 3.07. The standard InChI is InChI=1S/C14H21N3S/c1-3-16-13(15-2)17-11-14(9-10-14)18-12-7-5-4-6-8-12/h4-8H,3,9-11H2,1-2H3,(H2,15,16,17). The van der Waals surface area contributed by atoms with Crippen LogP contribution in [0.1, 0.15) is 19.8 Å². The van der Waals surface area contributed by atoms with Crippen LogP contribution >= 0.6 is 11.8 Å². The molecule has 0 aromatic heterocycles. The number of hydrogen-bond donors (Lipinski definition) is 2. The summed E-state index contributed by atoms with van der Waals surface area (Å²) in [5.74, 6) is 0.900. The summed E-state index contributed by atoms with van der Waals surface area (Å²) in [6, 6.07) is 10.6. The lowest BCUT2D eigenvalue weighted by molar-refractivity contribution is 0.776. The molecule has 0 saturated heterocycles. The van der Waals surface area contributed by atoms with Crippen molar-refractivity contribution in [3.05, 3.63) is 30.3 Å². The molecule has 1 aromatic carbocycles. The fourth-order valence-electron chi connectivity index (χ4n) is 1.83. The first-order valence-electron chi connectivity index (χ1n) is 6.46. The van der Waals surface area contributed by atoms with Crippen LogP contribution in [0.25, 0.3) is 0 Å². The Hall–Kier alpha value is -1.16. The van der Waals surface area contributed by atoms with Gasteiger partial charge in [0.25, 0.3) is 0 Å². The zero-order valence-corrected chi connectivity index (χ0v) is 11.9. The van der Waals surface area contributed by atoms with Gasteiger partial charge in [-0.25, -0.2) is 0 Å². The molecule has 2 N–H and O–H groups in total. The first-order chi connectivity index (χ1) is 8.78. The smallest absolute Gasteiger partial charge is 0.191 e. The minimum Gasteiger partial charge on any atom is -0.357 e. The highest BCUT2D eigenvalue weighted by Gasteiger charge is 2.43. The van der Waals surface area contributed by atoms with Crippen molar-refractivity contribution < 1.29 is 0 Å². The lowest BCUT2D eigenvalue weighted by atomic mass is 10.4. The Morgan fingerprint density at radius 3 is 2.56 bits per heavy atom. The molecule has 1 saturated carbocycles. The van der Waals surface area contributed by atoms with E-state index in [9.17, 15) is 0 Å². The monoisotopic (exact) mass is 263 g/mol. The van der Waals surface area contributed by atoms with Crippen molar-refractivity contribution in [2.45, 2.75) is 29.4 Å². The molecular weight excluding hydrogens is 242 g/mol. The molecule has 0 amide bonds. The molecule has 1 aliphatic rings. The molecule has 18 heavy (non-hydrogen) atoms. The van der Waals surface area contributed by atoms with Crippen molar-refractivity contribution in [3.63, 3.8) is 0 Å². The number of nitrogens with one attached hydrogen (secondary N) is 2. The van der Waals surface area contributed by atoms with E-state index in [1.807, 2.05) is 18.8 Å². The van der Waals surface area contributed by atoms with Crippen LogP contribution < -0.4 is 10.6 Å². The quantitative estimate of drug-likeness (QED) is 0.633. The Morgan fingerprint density at radius 1 is 1.28 bits per heavy atom. The molecular formula is C14H21N3S. The van der Waals surface area contributed by atoms with Crippen molar-refractivity contribution in [1.29, 1.82) is 0 Å². The van der Waals surface area contributed by atoms with Gasteiger partial charge in [-0.15, -0.1) is 11.8 Å². The van der Waals surface area contributed by atoms with Crippen LogP contribution in [0, 0.1) is 0 Å². The van der Waals surface area contributed by atoms with Crippen LogP contribution in [-0.2, 0) is 0 Å². The van der Waals surface area contributed by atoms with E-state index in [1.54, 1.807) is 0 Å². The van der Waals surface area contributed by atoms with Crippen molar-refractivity contribution in [2.75, 3.05) is 20.1 Å². The highest BCUT2D eigenvalue weighted by atomic mass is 32.2. The molecule has 0 radical (unpaired) electrons. The normalized spacial score (nSPS) is 17.3. The van der Waals surface area contributed by atoms with Gasteiger partial charge in [0.1, 0.15) is 0 Å². The molecule has 2 rings (SSSR count). The zero-order chi connectivity index (χ0) is 12.8. The summed E-state index contributed by atoms with van der Waals surface area (Å²) in [4.78, 5) is 5.56. The van der Waals surface area contributed by atoms with Crippen molar-refractivity contribution >= 4 is 17.7 Å². The maximum Gasteiger partial charge on any atom is 0.191 e. The van der Waals surface area contributed by atoms with Gasteiger partial charge in [0.15, 0.2) is 5.96 Å². The molecule has 98 valence electrons. The summed E-state index contributed by atoms with van der Waals surface area (Å²) in [7, 11) is 1.81. The minimum atomic E-state index is 0.368. The SMILES string of the molecule is CCNC(=NC)NCC1(Sc2ccccc2)CC1. The Labute approximate surface area is 113 Å². The highest BCUT2D eigenvalue weighted by molar-refractivity contribution is 8.01. The summed E-state index contributed by atoms with van der Waals surface area (Å²) in [6.45, 7) is 3.96. The molecule has 0 aliphatic heterocycles. The Balaban J connectivity index is 1.85. The summed E-state index contributed by atoms with van der Waals surface area (Å²) < 4.78 is 0.368. The Bertz CT molecular complexity index is 399. The van der Waals surface area contributed by atoms with Gasteiger partial charge in [-0.2, -0.15) is 0 Å². The van der Waals surface area contributed by atoms with Crippen LogP contribution in [0.4, 0.5) is 0 Å². The number of nitrogens with zero attached hydrogens (tertiary/aromatic N) is 1. The van der Waals surface area contributed by atoms with E-state index in [2.05, 4.69) is 52.9 Å². The van der Waals surface area contributed by atoms with Gasteiger partial charge in [0.2, 0.25) is 0 Å². The number of rotatable bonds is 5. The predicted octanol–water partition coefficient (Wildman–Crippen LogP) is 2.50. The summed E-state index contributed by atoms with van der Waals surface area (Å²) >= 11 is 1.98. The van der Waals surface area contributed by atoms with Crippen molar-refractivity contribution in [1.82, 2.24) is 10.6 Å². The maximum absolute atomic E-state index is 4.20. The highest BCUT2D eigenvalue weighted by Crippen LogP contribution is 2.51. The van der Waals surface area contributed by atoms with Crippen molar-refractivity contribution in [2.24, 2.45) is 4.99 Å². The number of hydrogen-bond acceptors (Lipinski definition) is 2. The molecule has 0 spiro atoms. The summed E-state index contributed by atoms with van der Waals surface area (Å²) in [5, 5.41) is 6.64. The molecule has 3 nitrogen and oxygen atoms in total. The van der Waals surface area contributed by atoms with Gasteiger partial charge in [0, 0.05) is 29.8 Å². The van der Waals surface area contributed by atoms with Gasteiger partial charge in [-0.1, -0.05) is 18.2 Å². The van der Waals surface area contributed by atoms with Crippen LogP contribution in [0.5, 0.6) is 0 Å². The molecule has 4 heteroatoms. The topological polar surface area (TPSA) is 36.4 Å². The second-order valence-electron chi connectivity index (χ2n) is 4.55. The predicted molar refractivity (Wildman–Crippen MR) is 79.3 cm³/mol. The third-order valence-corrected chi connectivity index (χ3v) is 4.52. The molecule has 1 aliphatic carbocycles. The van der Waals surface area contributed by atoms with E-state index in [0.29, 0.717) is 4.75 Å². The largest absolute Gasteiger partial charge is 0.357 e. The van der Waals surface area contributed by atoms with E-state index < -0.39 is 0 Å². The molecule has 1 aromatic rings. The van der Waals surface area contributed by atoms with Gasteiger partial charge >= 0.3 is 0 Å². The lowest BCUT2D eigenvalue weighted by Gasteiger charge is -2.17. The third kappa shape index (κ3) is 3.67. The summed E-state index contributed by atoms with van der Waals surface area (Å²) in [5.41, 5.74) is 0. The van der Waals surface area contributed by atoms with Crippen LogP contribution in [-0.4, -0.2) is 30.8 Å². The molecule has 1 fully saturated rings. The van der Waals surface area contributed by atoms with E-state index in [1.165, 1.54) is 17.7 Å². The molecule has 0 unspecified atom stereocenters. The summed E-state index contributed by atoms with van der Waals surface area (Å²) in [6.07, 6.45) is 2.56. The molecule has 0 heterocycles. The van der Waals surface area contributed by atoms with Crippen molar-refractivity contribution in [3.8, 4) is 0 Å². The average Bonchev–Trinajstić information content (AvgIpc) is 3.16. The minimum absolute atomic E-state index is 0.368. The Kier molecular flexibility index (Phi) is 4.53. The average molecular weight is 263 g/mol. The third-order valence-electron chi connectivity index (χ3n) is 3.03. The number of guanidine groups is 1. The van der Waals surface area contributed by atoms with Crippen LogP contribution in [0.3, 0.4) is 0 Å². The van der Waals surface area contributed by atoms with Crippen LogP contribution in [0.2, 0.25) is 0 Å². The van der Waals surface area contributed by atoms with Gasteiger partial charge in [0.05, 0.1) is 0 Å². The van der Waals surface area contributed by atoms with E-state index >= 15 is 0 Å². The molecule has 0 bridgehead atoms. The first-order valence-corrected chi connectivity index (χ1v) is 7.28. The van der Waals surface area contributed by atoms with Crippen LogP contribution in [0.15, 0.2) is 40.2 Å². The fraction of sp³-hybridized carbons (Fsp3) is 0.500.